The van der Waals surface area contributed by atoms with E-state index >= 15 is 0 Å². The standard InChI is InChI=1S/C47H28N4O2/c1-3-13-29(14-4-1)43-49-44(30-15-5-2-6-16-30)51-45(50-43)31-24-26-35-34(27-31)33-25-23-32(46-48-39-19-9-12-22-42(39)53-46)28-38(33)47(35)36-17-7-10-20-40(36)52-41-21-11-8-18-37(41)47/h1-28H. The Morgan fingerprint density at radius 1 is 0.377 bits per heavy atom. The first-order chi connectivity index (χ1) is 26.2. The first kappa shape index (κ1) is 29.5. The molecule has 53 heavy (non-hydrogen) atoms. The number of hydrogen-bond donors (Lipinski definition) is 0. The van der Waals surface area contributed by atoms with E-state index in [0.29, 0.717) is 23.4 Å². The highest BCUT2D eigenvalue weighted by molar-refractivity contribution is 5.92. The van der Waals surface area contributed by atoms with Crippen molar-refractivity contribution in [3.8, 4) is 68.2 Å². The Bertz CT molecular complexity index is 2750. The lowest BCUT2D eigenvalue weighted by molar-refractivity contribution is 0.436. The predicted molar refractivity (Wildman–Crippen MR) is 207 cm³/mol. The van der Waals surface area contributed by atoms with Crippen LogP contribution in [0.15, 0.2) is 174 Å². The zero-order valence-electron chi connectivity index (χ0n) is 28.3. The van der Waals surface area contributed by atoms with E-state index in [2.05, 4.69) is 72.8 Å². The van der Waals surface area contributed by atoms with Crippen LogP contribution in [0.1, 0.15) is 22.3 Å². The fraction of sp³-hybridized carbons (Fsp3) is 0.0213. The largest absolute Gasteiger partial charge is 0.457 e. The number of oxazole rings is 1. The minimum atomic E-state index is -0.667. The van der Waals surface area contributed by atoms with Gasteiger partial charge in [0.2, 0.25) is 5.89 Å². The maximum atomic E-state index is 6.59. The number of fused-ring (bicyclic) bond motifs is 10. The SMILES string of the molecule is c1ccc(-c2nc(-c3ccccc3)nc(-c3ccc4c(c3)-c3ccc(-c5nc6ccccc6o5)cc3C43c4ccccc4Oc4ccccc43)n2)cc1. The molecule has 9 aromatic rings. The van der Waals surface area contributed by atoms with Crippen molar-refractivity contribution in [1.82, 2.24) is 19.9 Å². The molecule has 1 aliphatic heterocycles. The van der Waals surface area contributed by atoms with Crippen molar-refractivity contribution in [2.45, 2.75) is 5.41 Å². The van der Waals surface area contributed by atoms with E-state index in [9.17, 15) is 0 Å². The number of hydrogen-bond acceptors (Lipinski definition) is 6. The molecule has 7 aromatic carbocycles. The molecular formula is C47H28N4O2. The van der Waals surface area contributed by atoms with E-state index in [-0.39, 0.29) is 0 Å². The predicted octanol–water partition coefficient (Wildman–Crippen LogP) is 11.1. The van der Waals surface area contributed by atoms with Gasteiger partial charge >= 0.3 is 0 Å². The molecule has 1 aliphatic carbocycles. The molecule has 0 atom stereocenters. The fourth-order valence-corrected chi connectivity index (χ4v) is 8.11. The normalized spacial score (nSPS) is 13.2. The average molecular weight is 681 g/mol. The van der Waals surface area contributed by atoms with Crippen molar-refractivity contribution in [3.63, 3.8) is 0 Å². The Kier molecular flexibility index (Phi) is 6.36. The van der Waals surface area contributed by atoms with Gasteiger partial charge in [-0.15, -0.1) is 0 Å². The molecule has 248 valence electrons. The monoisotopic (exact) mass is 680 g/mol. The highest BCUT2D eigenvalue weighted by Crippen LogP contribution is 2.62. The third kappa shape index (κ3) is 4.45. The van der Waals surface area contributed by atoms with E-state index in [4.69, 9.17) is 29.1 Å². The summed E-state index contributed by atoms with van der Waals surface area (Å²) in [6.45, 7) is 0. The number of aromatic nitrogens is 4. The van der Waals surface area contributed by atoms with Crippen LogP contribution in [0.4, 0.5) is 0 Å². The molecule has 0 amide bonds. The second-order valence-electron chi connectivity index (χ2n) is 13.4. The molecule has 3 heterocycles. The lowest BCUT2D eigenvalue weighted by Crippen LogP contribution is -2.32. The van der Waals surface area contributed by atoms with Crippen LogP contribution in [-0.2, 0) is 5.41 Å². The molecular weight excluding hydrogens is 653 g/mol. The van der Waals surface area contributed by atoms with Gasteiger partial charge in [0.1, 0.15) is 17.0 Å². The van der Waals surface area contributed by atoms with Gasteiger partial charge in [-0.25, -0.2) is 19.9 Å². The maximum absolute atomic E-state index is 6.59. The van der Waals surface area contributed by atoms with Gasteiger partial charge in [0.25, 0.3) is 0 Å². The van der Waals surface area contributed by atoms with E-state index in [1.807, 2.05) is 97.1 Å². The van der Waals surface area contributed by atoms with Crippen molar-refractivity contribution in [3.05, 3.63) is 192 Å². The third-order valence-electron chi connectivity index (χ3n) is 10.4. The second-order valence-corrected chi connectivity index (χ2v) is 13.4. The van der Waals surface area contributed by atoms with Crippen LogP contribution in [0.3, 0.4) is 0 Å². The molecule has 0 bridgehead atoms. The zero-order chi connectivity index (χ0) is 34.9. The van der Waals surface area contributed by atoms with Gasteiger partial charge in [-0.2, -0.15) is 0 Å². The van der Waals surface area contributed by atoms with Crippen LogP contribution >= 0.6 is 0 Å². The topological polar surface area (TPSA) is 73.9 Å². The average Bonchev–Trinajstić information content (AvgIpc) is 3.79. The summed E-state index contributed by atoms with van der Waals surface area (Å²) in [6.07, 6.45) is 0. The number of nitrogens with zero attached hydrogens (tertiary/aromatic N) is 4. The van der Waals surface area contributed by atoms with Gasteiger partial charge in [-0.05, 0) is 64.7 Å². The molecule has 0 saturated heterocycles. The number of ether oxygens (including phenoxy) is 1. The molecule has 0 fully saturated rings. The number of rotatable bonds is 4. The van der Waals surface area contributed by atoms with Crippen LogP contribution in [0.5, 0.6) is 11.5 Å². The minimum Gasteiger partial charge on any atom is -0.457 e. The molecule has 0 N–H and O–H groups in total. The Morgan fingerprint density at radius 2 is 0.943 bits per heavy atom. The van der Waals surface area contributed by atoms with Crippen molar-refractivity contribution in [2.24, 2.45) is 0 Å². The Balaban J connectivity index is 1.17. The Morgan fingerprint density at radius 3 is 1.60 bits per heavy atom. The summed E-state index contributed by atoms with van der Waals surface area (Å²) in [5.41, 5.74) is 11.3. The van der Waals surface area contributed by atoms with Crippen LogP contribution < -0.4 is 4.74 Å². The fourth-order valence-electron chi connectivity index (χ4n) is 8.11. The summed E-state index contributed by atoms with van der Waals surface area (Å²) in [5.74, 6) is 4.11. The molecule has 2 aromatic heterocycles. The first-order valence-electron chi connectivity index (χ1n) is 17.6. The summed E-state index contributed by atoms with van der Waals surface area (Å²) in [6, 6.07) is 58.0. The minimum absolute atomic E-state index is 0.585. The number of para-hydroxylation sites is 4. The van der Waals surface area contributed by atoms with Crippen molar-refractivity contribution in [2.75, 3.05) is 0 Å². The number of benzene rings is 7. The van der Waals surface area contributed by atoms with Crippen molar-refractivity contribution >= 4 is 11.1 Å². The van der Waals surface area contributed by atoms with Crippen LogP contribution in [0, 0.1) is 0 Å². The Labute approximate surface area is 305 Å². The highest BCUT2D eigenvalue weighted by Gasteiger charge is 2.51. The maximum Gasteiger partial charge on any atom is 0.227 e. The van der Waals surface area contributed by atoms with Crippen LogP contribution in [0.25, 0.3) is 67.8 Å². The van der Waals surface area contributed by atoms with Crippen LogP contribution in [0.2, 0.25) is 0 Å². The molecule has 6 heteroatoms. The van der Waals surface area contributed by atoms with E-state index in [1.54, 1.807) is 0 Å². The summed E-state index contributed by atoms with van der Waals surface area (Å²) >= 11 is 0. The summed E-state index contributed by atoms with van der Waals surface area (Å²) in [5, 5.41) is 0. The van der Waals surface area contributed by atoms with E-state index in [1.165, 1.54) is 0 Å². The van der Waals surface area contributed by atoms with Gasteiger partial charge in [-0.3, -0.25) is 0 Å². The third-order valence-corrected chi connectivity index (χ3v) is 10.4. The first-order valence-corrected chi connectivity index (χ1v) is 17.6. The van der Waals surface area contributed by atoms with Gasteiger partial charge in [0.15, 0.2) is 23.1 Å². The zero-order valence-corrected chi connectivity index (χ0v) is 28.3. The molecule has 1 spiro atoms. The quantitative estimate of drug-likeness (QED) is 0.184. The van der Waals surface area contributed by atoms with Gasteiger partial charge < -0.3 is 9.15 Å². The Hall–Kier alpha value is -7.18. The second kappa shape index (κ2) is 11.4. The highest BCUT2D eigenvalue weighted by atomic mass is 16.5. The van der Waals surface area contributed by atoms with E-state index < -0.39 is 5.41 Å². The van der Waals surface area contributed by atoms with Gasteiger partial charge in [0.05, 0.1) is 5.41 Å². The summed E-state index contributed by atoms with van der Waals surface area (Å²) < 4.78 is 12.9. The van der Waals surface area contributed by atoms with E-state index in [0.717, 1.165) is 78.2 Å². The van der Waals surface area contributed by atoms with Gasteiger partial charge in [0, 0.05) is 33.4 Å². The molecule has 6 nitrogen and oxygen atoms in total. The molecule has 0 saturated carbocycles. The lowest BCUT2D eigenvalue weighted by atomic mass is 9.66. The molecule has 11 rings (SSSR count). The lowest BCUT2D eigenvalue weighted by Gasteiger charge is -2.39. The van der Waals surface area contributed by atoms with Gasteiger partial charge in [-0.1, -0.05) is 127 Å². The summed E-state index contributed by atoms with van der Waals surface area (Å²) in [7, 11) is 0. The van der Waals surface area contributed by atoms with Crippen LogP contribution in [-0.4, -0.2) is 19.9 Å². The summed E-state index contributed by atoms with van der Waals surface area (Å²) in [4.78, 5) is 20.0. The van der Waals surface area contributed by atoms with Crippen molar-refractivity contribution < 1.29 is 9.15 Å². The molecule has 2 aliphatic rings. The van der Waals surface area contributed by atoms with Crippen molar-refractivity contribution in [1.29, 1.82) is 0 Å². The smallest absolute Gasteiger partial charge is 0.227 e. The molecule has 0 radical (unpaired) electrons. The molecule has 0 unspecified atom stereocenters.